The van der Waals surface area contributed by atoms with E-state index in [4.69, 9.17) is 34.8 Å². The first-order valence-electron chi connectivity index (χ1n) is 7.87. The van der Waals surface area contributed by atoms with Gasteiger partial charge in [-0.25, -0.2) is 0 Å². The van der Waals surface area contributed by atoms with Crippen molar-refractivity contribution >= 4 is 45.6 Å². The Morgan fingerprint density at radius 1 is 1.26 bits per heavy atom. The molecular formula is C17H23Cl3O2S. The molecule has 0 radical (unpaired) electrons. The Labute approximate surface area is 156 Å². The fourth-order valence-electron chi connectivity index (χ4n) is 3.57. The molecular weight excluding hydrogens is 375 g/mol. The van der Waals surface area contributed by atoms with E-state index in [9.17, 15) is 9.32 Å². The Morgan fingerprint density at radius 3 is 2.35 bits per heavy atom. The van der Waals surface area contributed by atoms with Crippen LogP contribution in [0.2, 0.25) is 5.02 Å². The van der Waals surface area contributed by atoms with Crippen LogP contribution in [0.3, 0.4) is 0 Å². The monoisotopic (exact) mass is 396 g/mol. The fourth-order valence-corrected chi connectivity index (χ4v) is 5.90. The summed E-state index contributed by atoms with van der Waals surface area (Å²) < 4.78 is 11.2. The van der Waals surface area contributed by atoms with Crippen LogP contribution in [-0.2, 0) is 10.8 Å². The fraction of sp³-hybridized carbons (Fsp3) is 0.647. The molecule has 0 spiro atoms. The van der Waals surface area contributed by atoms with Crippen molar-refractivity contribution in [1.29, 1.82) is 0 Å². The molecule has 4 atom stereocenters. The van der Waals surface area contributed by atoms with Crippen LogP contribution in [0, 0.1) is 17.8 Å². The zero-order valence-electron chi connectivity index (χ0n) is 13.6. The SMILES string of the molecule is CC(C)[C@@H]1CC[C@@H](C)C[C@@]1(O)C(Cl)(Cl)S(=O)c1ccc(Cl)cc1. The van der Waals surface area contributed by atoms with Crippen LogP contribution in [0.25, 0.3) is 0 Å². The van der Waals surface area contributed by atoms with Crippen LogP contribution in [0.5, 0.6) is 0 Å². The number of benzene rings is 1. The van der Waals surface area contributed by atoms with E-state index in [2.05, 4.69) is 6.92 Å². The lowest BCUT2D eigenvalue weighted by molar-refractivity contribution is -0.0763. The lowest BCUT2D eigenvalue weighted by atomic mass is 9.67. The van der Waals surface area contributed by atoms with E-state index in [1.54, 1.807) is 24.3 Å². The quantitative estimate of drug-likeness (QED) is 0.690. The van der Waals surface area contributed by atoms with Gasteiger partial charge in [-0.2, -0.15) is 0 Å². The summed E-state index contributed by atoms with van der Waals surface area (Å²) in [6.45, 7) is 6.15. The second-order valence-electron chi connectivity index (χ2n) is 6.90. The van der Waals surface area contributed by atoms with Crippen LogP contribution in [0.1, 0.15) is 40.0 Å². The first-order valence-corrected chi connectivity index (χ1v) is 10.2. The Morgan fingerprint density at radius 2 is 1.83 bits per heavy atom. The van der Waals surface area contributed by atoms with Gasteiger partial charge in [-0.3, -0.25) is 4.21 Å². The summed E-state index contributed by atoms with van der Waals surface area (Å²) in [7, 11) is -1.77. The van der Waals surface area contributed by atoms with Crippen molar-refractivity contribution in [2.24, 2.45) is 17.8 Å². The highest BCUT2D eigenvalue weighted by Crippen LogP contribution is 2.53. The van der Waals surface area contributed by atoms with Gasteiger partial charge in [0.05, 0.1) is 10.8 Å². The molecule has 1 unspecified atom stereocenters. The lowest BCUT2D eigenvalue weighted by Crippen LogP contribution is -2.58. The van der Waals surface area contributed by atoms with E-state index in [1.165, 1.54) is 0 Å². The smallest absolute Gasteiger partial charge is 0.224 e. The molecule has 23 heavy (non-hydrogen) atoms. The highest BCUT2D eigenvalue weighted by Gasteiger charge is 2.59. The molecule has 1 saturated carbocycles. The molecule has 1 aromatic rings. The summed E-state index contributed by atoms with van der Waals surface area (Å²) in [5.74, 6) is 0.394. The highest BCUT2D eigenvalue weighted by atomic mass is 35.5. The van der Waals surface area contributed by atoms with Crippen molar-refractivity contribution in [3.8, 4) is 0 Å². The summed E-state index contributed by atoms with van der Waals surface area (Å²) in [6, 6.07) is 6.56. The number of hydrogen-bond acceptors (Lipinski definition) is 2. The largest absolute Gasteiger partial charge is 0.385 e. The van der Waals surface area contributed by atoms with Crippen molar-refractivity contribution in [2.75, 3.05) is 0 Å². The van der Waals surface area contributed by atoms with Crippen molar-refractivity contribution in [2.45, 2.75) is 54.2 Å². The van der Waals surface area contributed by atoms with Gasteiger partial charge >= 0.3 is 0 Å². The topological polar surface area (TPSA) is 37.3 Å². The average Bonchev–Trinajstić information content (AvgIpc) is 2.46. The van der Waals surface area contributed by atoms with E-state index < -0.39 is 20.1 Å². The standard InChI is InChI=1S/C17H23Cl3O2S/c1-11(2)15-9-4-12(3)10-16(15,21)17(19,20)23(22)14-7-5-13(18)6-8-14/h5-8,11-12,15,21H,4,9-10H2,1-3H3/t12-,15+,16+,23?/m1/s1. The molecule has 1 N–H and O–H groups in total. The Bertz CT molecular complexity index is 574. The summed E-state index contributed by atoms with van der Waals surface area (Å²) in [5.41, 5.74) is -1.40. The van der Waals surface area contributed by atoms with Crippen LogP contribution in [0.4, 0.5) is 0 Å². The molecule has 6 heteroatoms. The van der Waals surface area contributed by atoms with Crippen molar-refractivity contribution in [3.63, 3.8) is 0 Å². The normalized spacial score (nSPS) is 30.4. The molecule has 2 rings (SSSR count). The summed E-state index contributed by atoms with van der Waals surface area (Å²) in [6.07, 6.45) is 2.29. The third-order valence-corrected chi connectivity index (χ3v) is 8.08. The molecule has 0 aliphatic heterocycles. The molecule has 0 heterocycles. The maximum absolute atomic E-state index is 13.0. The number of hydrogen-bond donors (Lipinski definition) is 1. The molecule has 1 fully saturated rings. The molecule has 0 bridgehead atoms. The summed E-state index contributed by atoms with van der Waals surface area (Å²) in [5, 5.41) is 11.9. The highest BCUT2D eigenvalue weighted by molar-refractivity contribution is 7.89. The predicted molar refractivity (Wildman–Crippen MR) is 98.6 cm³/mol. The van der Waals surface area contributed by atoms with E-state index in [0.29, 0.717) is 16.3 Å². The Hall–Kier alpha value is 0.200. The minimum Gasteiger partial charge on any atom is -0.385 e. The average molecular weight is 398 g/mol. The maximum atomic E-state index is 13.0. The second-order valence-corrected chi connectivity index (χ2v) is 10.7. The van der Waals surface area contributed by atoms with Crippen LogP contribution in [-0.4, -0.2) is 18.6 Å². The summed E-state index contributed by atoms with van der Waals surface area (Å²) >= 11 is 19.0. The molecule has 0 aromatic heterocycles. The van der Waals surface area contributed by atoms with Crippen LogP contribution < -0.4 is 0 Å². The predicted octanol–water partition coefficient (Wildman–Crippen LogP) is 5.40. The molecule has 1 aliphatic carbocycles. The number of alkyl halides is 2. The zero-order valence-corrected chi connectivity index (χ0v) is 16.6. The number of rotatable bonds is 4. The molecule has 0 saturated heterocycles. The maximum Gasteiger partial charge on any atom is 0.224 e. The van der Waals surface area contributed by atoms with E-state index in [0.717, 1.165) is 12.8 Å². The van der Waals surface area contributed by atoms with Gasteiger partial charge in [-0.05, 0) is 54.9 Å². The summed E-state index contributed by atoms with van der Waals surface area (Å²) in [4.78, 5) is 0.466. The van der Waals surface area contributed by atoms with Gasteiger partial charge in [0, 0.05) is 9.92 Å². The van der Waals surface area contributed by atoms with Gasteiger partial charge in [0.1, 0.15) is 5.60 Å². The van der Waals surface area contributed by atoms with E-state index in [1.807, 2.05) is 13.8 Å². The first-order chi connectivity index (χ1) is 10.6. The lowest BCUT2D eigenvalue weighted by Gasteiger charge is -2.49. The van der Waals surface area contributed by atoms with Gasteiger partial charge in [0.2, 0.25) is 3.67 Å². The van der Waals surface area contributed by atoms with E-state index in [-0.39, 0.29) is 17.8 Å². The second kappa shape index (κ2) is 7.21. The van der Waals surface area contributed by atoms with Crippen molar-refractivity contribution in [1.82, 2.24) is 0 Å². The van der Waals surface area contributed by atoms with Crippen molar-refractivity contribution in [3.05, 3.63) is 29.3 Å². The van der Waals surface area contributed by atoms with Crippen molar-refractivity contribution < 1.29 is 9.32 Å². The Kier molecular flexibility index (Phi) is 6.12. The minimum atomic E-state index is -1.77. The van der Waals surface area contributed by atoms with Crippen LogP contribution >= 0.6 is 34.8 Å². The van der Waals surface area contributed by atoms with Gasteiger partial charge in [0.25, 0.3) is 0 Å². The van der Waals surface area contributed by atoms with Gasteiger partial charge in [-0.1, -0.05) is 62.0 Å². The minimum absolute atomic E-state index is 0.0926. The van der Waals surface area contributed by atoms with Crippen LogP contribution in [0.15, 0.2) is 29.2 Å². The van der Waals surface area contributed by atoms with Gasteiger partial charge < -0.3 is 5.11 Å². The zero-order chi connectivity index (χ0) is 17.4. The van der Waals surface area contributed by atoms with E-state index >= 15 is 0 Å². The third-order valence-electron chi connectivity index (χ3n) is 4.81. The third kappa shape index (κ3) is 3.74. The number of halogens is 3. The first kappa shape index (κ1) is 19.5. The molecule has 2 nitrogen and oxygen atoms in total. The van der Waals surface area contributed by atoms with Gasteiger partial charge in [0.15, 0.2) is 0 Å². The number of aliphatic hydroxyl groups is 1. The molecule has 130 valence electrons. The molecule has 0 amide bonds. The molecule has 1 aromatic carbocycles. The molecule has 1 aliphatic rings. The Balaban J connectivity index is 2.41. The van der Waals surface area contributed by atoms with Gasteiger partial charge in [-0.15, -0.1) is 0 Å².